The Kier molecular flexibility index (Phi) is 15.7. The minimum Gasteiger partial charge on any atom is -0.508 e. The minimum absolute atomic E-state index is 0.215. The highest BCUT2D eigenvalue weighted by molar-refractivity contribution is 5.95. The molecule has 2 aromatic rings. The van der Waals surface area contributed by atoms with E-state index in [4.69, 9.17) is 10.2 Å². The van der Waals surface area contributed by atoms with Crippen molar-refractivity contribution >= 4 is 11.9 Å². The summed E-state index contributed by atoms with van der Waals surface area (Å²) < 4.78 is 4.49. The Balaban J connectivity index is 0.000000313. The highest BCUT2D eigenvalue weighted by atomic mass is 16.6. The Morgan fingerprint density at radius 3 is 1.67 bits per heavy atom. The number of phenolic OH excluding ortho intramolecular Hbond substituents is 2. The summed E-state index contributed by atoms with van der Waals surface area (Å²) >= 11 is 0. The van der Waals surface area contributed by atoms with Gasteiger partial charge >= 0.3 is 11.9 Å². The van der Waals surface area contributed by atoms with Gasteiger partial charge in [0.1, 0.15) is 11.5 Å². The summed E-state index contributed by atoms with van der Waals surface area (Å²) in [5, 5.41) is 17.3. The van der Waals surface area contributed by atoms with Crippen LogP contribution in [0.25, 0.3) is 0 Å². The number of hydrogen-bond donors (Lipinski definition) is 2. The number of benzene rings is 2. The molecule has 5 heteroatoms. The van der Waals surface area contributed by atoms with E-state index >= 15 is 0 Å². The highest BCUT2D eigenvalue weighted by Crippen LogP contribution is 2.18. The smallest absolute Gasteiger partial charge is 0.321 e. The SMILES string of the molecule is CCCCCCCCCCC=CC1CC(=O)OC1=O.Oc1ccccc1.Oc1ccccc1. The first kappa shape index (κ1) is 28.0. The molecule has 0 spiro atoms. The number of carbonyl (C=O) groups is 2. The van der Waals surface area contributed by atoms with Crippen molar-refractivity contribution in [3.63, 3.8) is 0 Å². The largest absolute Gasteiger partial charge is 0.508 e. The van der Waals surface area contributed by atoms with Gasteiger partial charge in [0.2, 0.25) is 0 Å². The second-order valence-electron chi connectivity index (χ2n) is 7.97. The summed E-state index contributed by atoms with van der Waals surface area (Å²) in [6.07, 6.45) is 15.5. The van der Waals surface area contributed by atoms with Crippen LogP contribution >= 0.6 is 0 Å². The molecule has 0 radical (unpaired) electrons. The fourth-order valence-corrected chi connectivity index (χ4v) is 3.15. The normalized spacial score (nSPS) is 14.8. The molecule has 0 saturated carbocycles. The summed E-state index contributed by atoms with van der Waals surface area (Å²) in [5.41, 5.74) is 0. The molecule has 5 nitrogen and oxygen atoms in total. The highest BCUT2D eigenvalue weighted by Gasteiger charge is 2.30. The number of aromatic hydroxyl groups is 2. The van der Waals surface area contributed by atoms with Crippen LogP contribution in [0.2, 0.25) is 0 Å². The molecule has 1 heterocycles. The molecular weight excluding hydrogens is 416 g/mol. The molecule has 1 atom stereocenters. The fraction of sp³-hybridized carbons (Fsp3) is 0.429. The van der Waals surface area contributed by atoms with E-state index in [-0.39, 0.29) is 12.3 Å². The first-order valence-corrected chi connectivity index (χ1v) is 11.9. The second kappa shape index (κ2) is 18.5. The maximum Gasteiger partial charge on any atom is 0.321 e. The van der Waals surface area contributed by atoms with Crippen LogP contribution in [0.4, 0.5) is 0 Å². The number of phenols is 2. The topological polar surface area (TPSA) is 83.8 Å². The predicted octanol–water partition coefficient (Wildman–Crippen LogP) is 6.95. The standard InChI is InChI=1S/C16H26O3.2C6H6O/c1-2-3-4-5-6-7-8-9-10-11-12-14-13-15(17)19-16(14)18;2*7-6-4-2-1-3-5-6/h11-12,14H,2-10,13H2,1H3;2*1-5,7H. The van der Waals surface area contributed by atoms with Crippen molar-refractivity contribution in [2.24, 2.45) is 5.92 Å². The average molecular weight is 455 g/mol. The van der Waals surface area contributed by atoms with Crippen molar-refractivity contribution in [1.82, 2.24) is 0 Å². The van der Waals surface area contributed by atoms with Crippen LogP contribution in [-0.2, 0) is 14.3 Å². The molecule has 0 aromatic heterocycles. The number of cyclic esters (lactones) is 2. The summed E-state index contributed by atoms with van der Waals surface area (Å²) in [7, 11) is 0. The molecule has 180 valence electrons. The number of unbranched alkanes of at least 4 members (excludes halogenated alkanes) is 8. The Morgan fingerprint density at radius 1 is 0.788 bits per heavy atom. The minimum atomic E-state index is -0.397. The maximum atomic E-state index is 11.2. The van der Waals surface area contributed by atoms with Crippen LogP contribution in [0.5, 0.6) is 11.5 Å². The Labute approximate surface area is 198 Å². The van der Waals surface area contributed by atoms with Crippen molar-refractivity contribution in [3.05, 3.63) is 72.8 Å². The maximum absolute atomic E-state index is 11.2. The number of hydrogen-bond acceptors (Lipinski definition) is 5. The lowest BCUT2D eigenvalue weighted by molar-refractivity contribution is -0.152. The molecule has 1 aliphatic heterocycles. The van der Waals surface area contributed by atoms with Gasteiger partial charge in [0, 0.05) is 0 Å². The summed E-state index contributed by atoms with van der Waals surface area (Å²) in [4.78, 5) is 22.1. The molecular formula is C28H38O5. The zero-order valence-electron chi connectivity index (χ0n) is 19.7. The predicted molar refractivity (Wildman–Crippen MR) is 132 cm³/mol. The van der Waals surface area contributed by atoms with Crippen LogP contribution in [0, 0.1) is 5.92 Å². The molecule has 0 aliphatic carbocycles. The van der Waals surface area contributed by atoms with Gasteiger partial charge in [0.15, 0.2) is 0 Å². The number of rotatable bonds is 10. The van der Waals surface area contributed by atoms with Crippen LogP contribution < -0.4 is 0 Å². The number of esters is 2. The molecule has 3 rings (SSSR count). The van der Waals surface area contributed by atoms with E-state index in [0.29, 0.717) is 11.5 Å². The van der Waals surface area contributed by atoms with E-state index in [1.54, 1.807) is 48.5 Å². The summed E-state index contributed by atoms with van der Waals surface area (Å²) in [6, 6.07) is 17.4. The van der Waals surface area contributed by atoms with Gasteiger partial charge < -0.3 is 14.9 Å². The first-order valence-electron chi connectivity index (χ1n) is 11.9. The second-order valence-corrected chi connectivity index (χ2v) is 7.97. The van der Waals surface area contributed by atoms with Crippen molar-refractivity contribution in [2.75, 3.05) is 0 Å². The fourth-order valence-electron chi connectivity index (χ4n) is 3.15. The van der Waals surface area contributed by atoms with E-state index in [0.717, 1.165) is 6.42 Å². The molecule has 2 aromatic carbocycles. The molecule has 2 N–H and O–H groups in total. The zero-order chi connectivity index (χ0) is 24.2. The van der Waals surface area contributed by atoms with Gasteiger partial charge in [-0.15, -0.1) is 0 Å². The molecule has 33 heavy (non-hydrogen) atoms. The molecule has 0 amide bonds. The molecule has 1 aliphatic rings. The quantitative estimate of drug-likeness (QED) is 0.176. The van der Waals surface area contributed by atoms with Crippen LogP contribution in [-0.4, -0.2) is 22.2 Å². The Hall–Kier alpha value is -3.08. The van der Waals surface area contributed by atoms with Crippen molar-refractivity contribution < 1.29 is 24.5 Å². The van der Waals surface area contributed by atoms with Gasteiger partial charge in [-0.25, -0.2) is 0 Å². The van der Waals surface area contributed by atoms with Crippen LogP contribution in [0.3, 0.4) is 0 Å². The zero-order valence-corrected chi connectivity index (χ0v) is 19.7. The Morgan fingerprint density at radius 2 is 1.27 bits per heavy atom. The summed E-state index contributed by atoms with van der Waals surface area (Å²) in [5.74, 6) is -0.476. The summed E-state index contributed by atoms with van der Waals surface area (Å²) in [6.45, 7) is 2.24. The van der Waals surface area contributed by atoms with Crippen LogP contribution in [0.1, 0.15) is 71.1 Å². The number of allylic oxidation sites excluding steroid dienone is 1. The van der Waals surface area contributed by atoms with Crippen molar-refractivity contribution in [2.45, 2.75) is 71.1 Å². The van der Waals surface area contributed by atoms with Gasteiger partial charge in [-0.2, -0.15) is 0 Å². The third kappa shape index (κ3) is 15.4. The first-order chi connectivity index (χ1) is 16.0. The van der Waals surface area contributed by atoms with Gasteiger partial charge in [0.05, 0.1) is 12.3 Å². The lowest BCUT2D eigenvalue weighted by atomic mass is 10.0. The van der Waals surface area contributed by atoms with E-state index in [2.05, 4.69) is 11.7 Å². The van der Waals surface area contributed by atoms with E-state index in [1.165, 1.54) is 51.4 Å². The number of para-hydroxylation sites is 2. The van der Waals surface area contributed by atoms with Gasteiger partial charge in [0.25, 0.3) is 0 Å². The van der Waals surface area contributed by atoms with Gasteiger partial charge in [-0.3, -0.25) is 9.59 Å². The molecule has 1 saturated heterocycles. The Bertz CT molecular complexity index is 749. The van der Waals surface area contributed by atoms with E-state index in [1.807, 2.05) is 24.3 Å². The van der Waals surface area contributed by atoms with Gasteiger partial charge in [-0.1, -0.05) is 100 Å². The monoisotopic (exact) mass is 454 g/mol. The molecule has 1 fully saturated rings. The van der Waals surface area contributed by atoms with Crippen molar-refractivity contribution in [3.8, 4) is 11.5 Å². The van der Waals surface area contributed by atoms with E-state index < -0.39 is 11.9 Å². The average Bonchev–Trinajstić information content (AvgIpc) is 3.14. The third-order valence-corrected chi connectivity index (χ3v) is 5.01. The van der Waals surface area contributed by atoms with E-state index in [9.17, 15) is 9.59 Å². The number of carbonyl (C=O) groups excluding carboxylic acids is 2. The van der Waals surface area contributed by atoms with Gasteiger partial charge in [-0.05, 0) is 37.1 Å². The number of ether oxygens (including phenoxy) is 1. The van der Waals surface area contributed by atoms with Crippen LogP contribution in [0.15, 0.2) is 72.8 Å². The third-order valence-electron chi connectivity index (χ3n) is 5.01. The molecule has 1 unspecified atom stereocenters. The molecule has 0 bridgehead atoms. The van der Waals surface area contributed by atoms with Crippen molar-refractivity contribution in [1.29, 1.82) is 0 Å². The lowest BCUT2D eigenvalue weighted by Gasteiger charge is -2.00. The lowest BCUT2D eigenvalue weighted by Crippen LogP contribution is -2.03.